The molecule has 2 aliphatic rings. The van der Waals surface area contributed by atoms with Crippen LogP contribution < -0.4 is 0 Å². The van der Waals surface area contributed by atoms with Gasteiger partial charge in [0, 0.05) is 19.0 Å². The lowest BCUT2D eigenvalue weighted by molar-refractivity contribution is -0.129. The molecule has 1 amide bonds. The van der Waals surface area contributed by atoms with Crippen LogP contribution >= 0.6 is 11.8 Å². The van der Waals surface area contributed by atoms with E-state index in [4.69, 9.17) is 4.98 Å². The molecule has 1 N–H and O–H groups in total. The van der Waals surface area contributed by atoms with Gasteiger partial charge in [-0.1, -0.05) is 12.1 Å². The molecule has 5 heteroatoms. The van der Waals surface area contributed by atoms with Crippen LogP contribution in [0.2, 0.25) is 0 Å². The second kappa shape index (κ2) is 6.79. The predicted octanol–water partition coefficient (Wildman–Crippen LogP) is 3.72. The van der Waals surface area contributed by atoms with Crippen molar-refractivity contribution in [1.29, 1.82) is 0 Å². The Bertz CT molecular complexity index is 729. The maximum absolute atomic E-state index is 12.3. The molecular formula is C19H25N3OS. The molecule has 1 aliphatic heterocycles. The molecule has 0 bridgehead atoms. The molecule has 2 fully saturated rings. The zero-order chi connectivity index (χ0) is 16.5. The van der Waals surface area contributed by atoms with Gasteiger partial charge in [0.05, 0.1) is 16.8 Å². The average Bonchev–Trinajstić information content (AvgIpc) is 3.31. The lowest BCUT2D eigenvalue weighted by Gasteiger charge is -2.31. The molecule has 0 spiro atoms. The van der Waals surface area contributed by atoms with Crippen LogP contribution in [-0.4, -0.2) is 45.4 Å². The summed E-state index contributed by atoms with van der Waals surface area (Å²) < 4.78 is 0. The fraction of sp³-hybridized carbons (Fsp3) is 0.579. The molecule has 2 heterocycles. The minimum atomic E-state index is 0.319. The van der Waals surface area contributed by atoms with Crippen molar-refractivity contribution in [2.24, 2.45) is 5.92 Å². The van der Waals surface area contributed by atoms with Crippen LogP contribution in [0.15, 0.2) is 18.2 Å². The fourth-order valence-corrected chi connectivity index (χ4v) is 4.62. The Labute approximate surface area is 147 Å². The number of nitrogens with zero attached hydrogens (tertiary/aromatic N) is 2. The third-order valence-electron chi connectivity index (χ3n) is 5.24. The smallest absolute Gasteiger partial charge is 0.232 e. The molecule has 0 atom stereocenters. The summed E-state index contributed by atoms with van der Waals surface area (Å²) in [4.78, 5) is 22.7. The third-order valence-corrected chi connectivity index (χ3v) is 6.40. The number of hydrogen-bond donors (Lipinski definition) is 1. The van der Waals surface area contributed by atoms with E-state index in [0.29, 0.717) is 17.6 Å². The molecule has 1 saturated heterocycles. The first kappa shape index (κ1) is 16.0. The van der Waals surface area contributed by atoms with Gasteiger partial charge in [-0.15, -0.1) is 0 Å². The van der Waals surface area contributed by atoms with E-state index in [0.717, 1.165) is 48.7 Å². The Balaban J connectivity index is 1.33. The zero-order valence-electron chi connectivity index (χ0n) is 14.3. The van der Waals surface area contributed by atoms with Crippen molar-refractivity contribution < 1.29 is 4.79 Å². The van der Waals surface area contributed by atoms with Gasteiger partial charge in [0.25, 0.3) is 0 Å². The van der Waals surface area contributed by atoms with Crippen molar-refractivity contribution >= 4 is 28.7 Å². The summed E-state index contributed by atoms with van der Waals surface area (Å²) in [5.41, 5.74) is 3.43. The van der Waals surface area contributed by atoms with Crippen LogP contribution in [0.5, 0.6) is 0 Å². The number of fused-ring (bicyclic) bond motifs is 1. The standard InChI is InChI=1S/C19H25N3OS/c1-13-3-2-4-16-18(13)21-19(20-16)15-7-9-22(10-8-15)17(23)12-24-11-14-5-6-14/h2-4,14-15H,5-12H2,1H3,(H,20,21). The van der Waals surface area contributed by atoms with E-state index in [1.165, 1.54) is 24.2 Å². The predicted molar refractivity (Wildman–Crippen MR) is 99.4 cm³/mol. The van der Waals surface area contributed by atoms with Crippen molar-refractivity contribution in [3.05, 3.63) is 29.6 Å². The van der Waals surface area contributed by atoms with E-state index in [2.05, 4.69) is 30.1 Å². The number of rotatable bonds is 5. The molecule has 4 rings (SSSR count). The monoisotopic (exact) mass is 343 g/mol. The quantitative estimate of drug-likeness (QED) is 0.900. The van der Waals surface area contributed by atoms with Gasteiger partial charge in [0.1, 0.15) is 5.82 Å². The molecule has 0 radical (unpaired) electrons. The Morgan fingerprint density at radius 1 is 1.29 bits per heavy atom. The number of nitrogens with one attached hydrogen (secondary N) is 1. The molecular weight excluding hydrogens is 318 g/mol. The fourth-order valence-electron chi connectivity index (χ4n) is 3.48. The molecule has 1 aromatic heterocycles. The normalized spacial score (nSPS) is 19.1. The van der Waals surface area contributed by atoms with Crippen molar-refractivity contribution in [2.75, 3.05) is 24.6 Å². The maximum atomic E-state index is 12.3. The van der Waals surface area contributed by atoms with Crippen molar-refractivity contribution in [2.45, 2.75) is 38.5 Å². The number of likely N-dealkylation sites (tertiary alicyclic amines) is 1. The number of H-pyrrole nitrogens is 1. The van der Waals surface area contributed by atoms with Gasteiger partial charge in [0.15, 0.2) is 0 Å². The summed E-state index contributed by atoms with van der Waals surface area (Å²) in [5, 5.41) is 0. The summed E-state index contributed by atoms with van der Waals surface area (Å²) in [7, 11) is 0. The van der Waals surface area contributed by atoms with Gasteiger partial charge >= 0.3 is 0 Å². The summed E-state index contributed by atoms with van der Waals surface area (Å²) in [6.07, 6.45) is 4.75. The minimum absolute atomic E-state index is 0.319. The zero-order valence-corrected chi connectivity index (χ0v) is 15.1. The summed E-state index contributed by atoms with van der Waals surface area (Å²) in [5.74, 6) is 4.57. The lowest BCUT2D eigenvalue weighted by Crippen LogP contribution is -2.39. The number of carbonyl (C=O) groups is 1. The van der Waals surface area contributed by atoms with E-state index in [1.807, 2.05) is 16.7 Å². The van der Waals surface area contributed by atoms with Gasteiger partial charge in [-0.25, -0.2) is 4.98 Å². The molecule has 2 aromatic rings. The molecule has 1 aliphatic carbocycles. The highest BCUT2D eigenvalue weighted by Crippen LogP contribution is 2.33. The highest BCUT2D eigenvalue weighted by atomic mass is 32.2. The van der Waals surface area contributed by atoms with Crippen LogP contribution in [0.1, 0.15) is 43.0 Å². The van der Waals surface area contributed by atoms with E-state index in [1.54, 1.807) is 0 Å². The second-order valence-electron chi connectivity index (χ2n) is 7.21. The Kier molecular flexibility index (Phi) is 4.53. The van der Waals surface area contributed by atoms with Crippen LogP contribution in [0.4, 0.5) is 0 Å². The number of aromatic nitrogens is 2. The second-order valence-corrected chi connectivity index (χ2v) is 8.24. The topological polar surface area (TPSA) is 49.0 Å². The van der Waals surface area contributed by atoms with Gasteiger partial charge in [-0.3, -0.25) is 4.79 Å². The summed E-state index contributed by atoms with van der Waals surface area (Å²) in [6.45, 7) is 3.83. The summed E-state index contributed by atoms with van der Waals surface area (Å²) >= 11 is 1.82. The molecule has 4 nitrogen and oxygen atoms in total. The van der Waals surface area contributed by atoms with E-state index < -0.39 is 0 Å². The third kappa shape index (κ3) is 3.46. The molecule has 1 saturated carbocycles. The number of para-hydroxylation sites is 1. The number of aromatic amines is 1. The Morgan fingerprint density at radius 3 is 2.79 bits per heavy atom. The first-order valence-corrected chi connectivity index (χ1v) is 10.2. The summed E-state index contributed by atoms with van der Waals surface area (Å²) in [6, 6.07) is 6.27. The van der Waals surface area contributed by atoms with Gasteiger partial charge in [-0.05, 0) is 55.9 Å². The SMILES string of the molecule is Cc1cccc2[nH]c(C3CCN(C(=O)CSCC4CC4)CC3)nc12. The number of aryl methyl sites for hydroxylation is 1. The number of thioether (sulfide) groups is 1. The van der Waals surface area contributed by atoms with Crippen molar-refractivity contribution in [1.82, 2.24) is 14.9 Å². The van der Waals surface area contributed by atoms with Crippen molar-refractivity contribution in [3.63, 3.8) is 0 Å². The van der Waals surface area contributed by atoms with Crippen LogP contribution in [-0.2, 0) is 4.79 Å². The van der Waals surface area contributed by atoms with Crippen LogP contribution in [0.25, 0.3) is 11.0 Å². The average molecular weight is 343 g/mol. The van der Waals surface area contributed by atoms with E-state index in [-0.39, 0.29) is 0 Å². The van der Waals surface area contributed by atoms with Crippen molar-refractivity contribution in [3.8, 4) is 0 Å². The first-order chi connectivity index (χ1) is 11.7. The maximum Gasteiger partial charge on any atom is 0.232 e. The number of carbonyl (C=O) groups excluding carboxylic acids is 1. The Hall–Kier alpha value is -1.49. The molecule has 1 aromatic carbocycles. The number of benzene rings is 1. The molecule has 128 valence electrons. The molecule has 0 unspecified atom stereocenters. The van der Waals surface area contributed by atoms with Gasteiger partial charge in [-0.2, -0.15) is 11.8 Å². The highest BCUT2D eigenvalue weighted by molar-refractivity contribution is 7.99. The lowest BCUT2D eigenvalue weighted by atomic mass is 9.96. The van der Waals surface area contributed by atoms with Gasteiger partial charge < -0.3 is 9.88 Å². The Morgan fingerprint density at radius 2 is 2.08 bits per heavy atom. The number of piperidine rings is 1. The number of amides is 1. The molecule has 24 heavy (non-hydrogen) atoms. The number of imidazole rings is 1. The minimum Gasteiger partial charge on any atom is -0.342 e. The highest BCUT2D eigenvalue weighted by Gasteiger charge is 2.26. The van der Waals surface area contributed by atoms with Crippen LogP contribution in [0, 0.1) is 12.8 Å². The largest absolute Gasteiger partial charge is 0.342 e. The van der Waals surface area contributed by atoms with E-state index in [9.17, 15) is 4.79 Å². The van der Waals surface area contributed by atoms with Gasteiger partial charge in [0.2, 0.25) is 5.91 Å². The van der Waals surface area contributed by atoms with Crippen LogP contribution in [0.3, 0.4) is 0 Å². The number of hydrogen-bond acceptors (Lipinski definition) is 3. The first-order valence-electron chi connectivity index (χ1n) is 9.01. The van der Waals surface area contributed by atoms with E-state index >= 15 is 0 Å².